The maximum Gasteiger partial charge on any atom is 0.277 e. The average Bonchev–Trinajstić information content (AvgIpc) is 3.16. The van der Waals surface area contributed by atoms with E-state index < -0.39 is 0 Å². The fourth-order valence-corrected chi connectivity index (χ4v) is 3.06. The average molecular weight is 347 g/mol. The molecule has 0 radical (unpaired) electrons. The number of hydrogen-bond acceptors (Lipinski definition) is 6. The zero-order chi connectivity index (χ0) is 16.5. The number of hydrogen-bond donors (Lipinski definition) is 1. The lowest BCUT2D eigenvalue weighted by atomic mass is 10.1. The van der Waals surface area contributed by atoms with Gasteiger partial charge in [0.25, 0.3) is 5.91 Å². The summed E-state index contributed by atoms with van der Waals surface area (Å²) in [5, 5.41) is 3.43. The molecule has 4 rings (SSSR count). The lowest BCUT2D eigenvalue weighted by Gasteiger charge is -2.29. The molecule has 1 aromatic carbocycles. The molecule has 8 heteroatoms. The first-order valence-corrected chi connectivity index (χ1v) is 8.16. The molecule has 2 fully saturated rings. The summed E-state index contributed by atoms with van der Waals surface area (Å²) in [4.78, 5) is 16.4. The number of morpholine rings is 1. The predicted octanol–water partition coefficient (Wildman–Crippen LogP) is 0.763. The van der Waals surface area contributed by atoms with Crippen molar-refractivity contribution in [3.63, 3.8) is 0 Å². The number of benzene rings is 1. The van der Waals surface area contributed by atoms with Crippen LogP contribution in [0, 0.1) is 0 Å². The van der Waals surface area contributed by atoms with Crippen molar-refractivity contribution in [1.29, 1.82) is 0 Å². The number of carbonyl (C=O) groups is 1. The minimum absolute atomic E-state index is 0.121. The van der Waals surface area contributed by atoms with Crippen molar-refractivity contribution < 1.29 is 19.0 Å². The third kappa shape index (κ3) is 2.95. The van der Waals surface area contributed by atoms with Gasteiger partial charge in [0.2, 0.25) is 6.79 Å². The second kappa shape index (κ2) is 6.39. The van der Waals surface area contributed by atoms with Gasteiger partial charge in [-0.2, -0.15) is 0 Å². The third-order valence-corrected chi connectivity index (χ3v) is 4.44. The molecule has 1 aromatic rings. The Bertz CT molecular complexity index is 715. The lowest BCUT2D eigenvalue weighted by molar-refractivity contribution is -0.124. The molecule has 3 aliphatic rings. The van der Waals surface area contributed by atoms with E-state index in [0.717, 1.165) is 18.7 Å². The zero-order valence-corrected chi connectivity index (χ0v) is 13.8. The molecule has 0 spiro atoms. The summed E-state index contributed by atoms with van der Waals surface area (Å²) >= 11 is 5.31. The number of nitrogens with one attached hydrogen (secondary N) is 1. The van der Waals surface area contributed by atoms with Gasteiger partial charge in [-0.1, -0.05) is 6.07 Å². The van der Waals surface area contributed by atoms with Crippen LogP contribution in [0.25, 0.3) is 6.08 Å². The van der Waals surface area contributed by atoms with Gasteiger partial charge in [-0.15, -0.1) is 0 Å². The Labute approximate surface area is 144 Å². The van der Waals surface area contributed by atoms with Crippen LogP contribution in [-0.4, -0.2) is 60.6 Å². The van der Waals surface area contributed by atoms with E-state index in [1.54, 1.807) is 11.0 Å². The second-order valence-electron chi connectivity index (χ2n) is 5.71. The third-order valence-electron chi connectivity index (χ3n) is 4.12. The Morgan fingerprint density at radius 1 is 1.21 bits per heavy atom. The Hall–Kier alpha value is -2.16. The lowest BCUT2D eigenvalue weighted by Crippen LogP contribution is -2.46. The van der Waals surface area contributed by atoms with Crippen molar-refractivity contribution in [1.82, 2.24) is 15.1 Å². The number of rotatable bonds is 3. The van der Waals surface area contributed by atoms with Crippen LogP contribution in [0.3, 0.4) is 0 Å². The van der Waals surface area contributed by atoms with Crippen LogP contribution in [-0.2, 0) is 9.53 Å². The molecule has 126 valence electrons. The number of fused-ring (bicyclic) bond motifs is 1. The number of thiocarbonyl (C=S) groups is 1. The van der Waals surface area contributed by atoms with Crippen LogP contribution in [0.4, 0.5) is 0 Å². The summed E-state index contributed by atoms with van der Waals surface area (Å²) in [5.41, 5.74) is 1.32. The first kappa shape index (κ1) is 15.4. The molecule has 0 unspecified atom stereocenters. The Balaban J connectivity index is 1.50. The van der Waals surface area contributed by atoms with E-state index in [2.05, 4.69) is 10.2 Å². The fourth-order valence-electron chi connectivity index (χ4n) is 2.81. The van der Waals surface area contributed by atoms with Gasteiger partial charge in [0, 0.05) is 13.1 Å². The Morgan fingerprint density at radius 2 is 2.00 bits per heavy atom. The molecular weight excluding hydrogens is 330 g/mol. The van der Waals surface area contributed by atoms with E-state index in [0.29, 0.717) is 42.2 Å². The Morgan fingerprint density at radius 3 is 2.83 bits per heavy atom. The molecule has 2 saturated heterocycles. The molecule has 3 aliphatic heterocycles. The van der Waals surface area contributed by atoms with Crippen molar-refractivity contribution in [2.45, 2.75) is 0 Å². The van der Waals surface area contributed by atoms with Gasteiger partial charge in [0.05, 0.1) is 19.9 Å². The molecular formula is C16H17N3O4S. The monoisotopic (exact) mass is 347 g/mol. The van der Waals surface area contributed by atoms with Crippen molar-refractivity contribution in [3.8, 4) is 11.5 Å². The maximum absolute atomic E-state index is 12.6. The molecule has 3 heterocycles. The first-order chi connectivity index (χ1) is 11.7. The molecule has 1 amide bonds. The van der Waals surface area contributed by atoms with Crippen LogP contribution < -0.4 is 14.8 Å². The highest BCUT2D eigenvalue weighted by Gasteiger charge is 2.32. The van der Waals surface area contributed by atoms with Crippen molar-refractivity contribution in [2.75, 3.05) is 39.8 Å². The summed E-state index contributed by atoms with van der Waals surface area (Å²) in [6.45, 7) is 3.67. The summed E-state index contributed by atoms with van der Waals surface area (Å²) < 4.78 is 16.0. The Kier molecular flexibility index (Phi) is 4.09. The van der Waals surface area contributed by atoms with Crippen LogP contribution in [0.1, 0.15) is 5.56 Å². The number of nitrogens with zero attached hydrogens (tertiary/aromatic N) is 2. The topological polar surface area (TPSA) is 63.3 Å². The SMILES string of the molecule is O=C1/C(=C\c2ccc3c(c2)OCO3)NC(=S)N1CN1CCOCC1. The molecule has 24 heavy (non-hydrogen) atoms. The highest BCUT2D eigenvalue weighted by atomic mass is 32.1. The van der Waals surface area contributed by atoms with Crippen LogP contribution in [0.2, 0.25) is 0 Å². The van der Waals surface area contributed by atoms with E-state index in [-0.39, 0.29) is 12.7 Å². The highest BCUT2D eigenvalue weighted by molar-refractivity contribution is 7.80. The predicted molar refractivity (Wildman–Crippen MR) is 90.4 cm³/mol. The van der Waals surface area contributed by atoms with Crippen molar-refractivity contribution in [3.05, 3.63) is 29.5 Å². The van der Waals surface area contributed by atoms with Gasteiger partial charge in [-0.05, 0) is 36.0 Å². The highest BCUT2D eigenvalue weighted by Crippen LogP contribution is 2.33. The molecule has 0 atom stereocenters. The summed E-state index contributed by atoms with van der Waals surface area (Å²) in [7, 11) is 0. The summed E-state index contributed by atoms with van der Waals surface area (Å²) in [6, 6.07) is 5.55. The van der Waals surface area contributed by atoms with Gasteiger partial charge >= 0.3 is 0 Å². The van der Waals surface area contributed by atoms with Crippen LogP contribution in [0.15, 0.2) is 23.9 Å². The van der Waals surface area contributed by atoms with Crippen LogP contribution in [0.5, 0.6) is 11.5 Å². The van der Waals surface area contributed by atoms with Gasteiger partial charge in [-0.25, -0.2) is 0 Å². The number of carbonyl (C=O) groups excluding carboxylic acids is 1. The molecule has 0 saturated carbocycles. The first-order valence-electron chi connectivity index (χ1n) is 7.75. The minimum Gasteiger partial charge on any atom is -0.454 e. The number of ether oxygens (including phenoxy) is 3. The maximum atomic E-state index is 12.6. The standard InChI is InChI=1S/C16H17N3O4S/c20-15-12(7-11-1-2-13-14(8-11)23-10-22-13)17-16(24)19(15)9-18-3-5-21-6-4-18/h1-2,7-8H,3-6,9-10H2,(H,17,24)/b12-7+. The molecule has 0 aliphatic carbocycles. The fraction of sp³-hybridized carbons (Fsp3) is 0.375. The van der Waals surface area contributed by atoms with E-state index in [1.165, 1.54) is 0 Å². The normalized spacial score (nSPS) is 22.3. The van der Waals surface area contributed by atoms with E-state index in [9.17, 15) is 4.79 Å². The smallest absolute Gasteiger partial charge is 0.277 e. The van der Waals surface area contributed by atoms with Crippen molar-refractivity contribution >= 4 is 29.3 Å². The van der Waals surface area contributed by atoms with E-state index in [4.69, 9.17) is 26.4 Å². The van der Waals surface area contributed by atoms with Gasteiger partial charge in [-0.3, -0.25) is 14.6 Å². The van der Waals surface area contributed by atoms with Crippen LogP contribution >= 0.6 is 12.2 Å². The van der Waals surface area contributed by atoms with Gasteiger partial charge < -0.3 is 19.5 Å². The largest absolute Gasteiger partial charge is 0.454 e. The summed E-state index contributed by atoms with van der Waals surface area (Å²) in [5.74, 6) is 1.28. The molecule has 1 N–H and O–H groups in total. The quantitative estimate of drug-likeness (QED) is 0.640. The zero-order valence-electron chi connectivity index (χ0n) is 13.0. The van der Waals surface area contributed by atoms with Crippen molar-refractivity contribution in [2.24, 2.45) is 0 Å². The molecule has 0 aromatic heterocycles. The minimum atomic E-state index is -0.121. The van der Waals surface area contributed by atoms with E-state index in [1.807, 2.05) is 18.2 Å². The van der Waals surface area contributed by atoms with Gasteiger partial charge in [0.15, 0.2) is 16.6 Å². The number of amides is 1. The van der Waals surface area contributed by atoms with Gasteiger partial charge in [0.1, 0.15) is 5.70 Å². The summed E-state index contributed by atoms with van der Waals surface area (Å²) in [6.07, 6.45) is 1.77. The second-order valence-corrected chi connectivity index (χ2v) is 6.09. The molecule has 0 bridgehead atoms. The van der Waals surface area contributed by atoms with E-state index >= 15 is 0 Å². The molecule has 7 nitrogen and oxygen atoms in total.